The van der Waals surface area contributed by atoms with Crippen LogP contribution in [-0.4, -0.2) is 25.0 Å². The summed E-state index contributed by atoms with van der Waals surface area (Å²) in [4.78, 5) is 2.31. The van der Waals surface area contributed by atoms with Gasteiger partial charge in [0.1, 0.15) is 0 Å². The fourth-order valence-electron chi connectivity index (χ4n) is 0.891. The zero-order chi connectivity index (χ0) is 10.7. The van der Waals surface area contributed by atoms with E-state index >= 15 is 0 Å². The summed E-state index contributed by atoms with van der Waals surface area (Å²) in [7, 11) is 2.14. The molecule has 1 heteroatoms. The van der Waals surface area contributed by atoms with Gasteiger partial charge >= 0.3 is 0 Å². The van der Waals surface area contributed by atoms with E-state index in [2.05, 4.69) is 37.6 Å². The lowest BCUT2D eigenvalue weighted by Gasteiger charge is -2.14. The van der Waals surface area contributed by atoms with Gasteiger partial charge in [-0.25, -0.2) is 0 Å². The lowest BCUT2D eigenvalue weighted by atomic mass is 10.1. The van der Waals surface area contributed by atoms with Crippen molar-refractivity contribution in [3.8, 4) is 11.8 Å². The third-order valence-corrected chi connectivity index (χ3v) is 1.87. The molecule has 0 N–H and O–H groups in total. The maximum Gasteiger partial charge on any atom is 0.0186 e. The Balaban J connectivity index is 0. The molecule has 1 atom stereocenters. The fourth-order valence-corrected chi connectivity index (χ4v) is 0.891. The fraction of sp³-hybridized carbons (Fsp3) is 0.833. The van der Waals surface area contributed by atoms with Crippen molar-refractivity contribution in [3.05, 3.63) is 0 Å². The first-order valence-corrected chi connectivity index (χ1v) is 5.31. The Morgan fingerprint density at radius 1 is 1.31 bits per heavy atom. The van der Waals surface area contributed by atoms with E-state index in [4.69, 9.17) is 0 Å². The molecule has 13 heavy (non-hydrogen) atoms. The van der Waals surface area contributed by atoms with E-state index in [0.717, 1.165) is 13.1 Å². The average Bonchev–Trinajstić information content (AvgIpc) is 2.18. The second-order valence-corrected chi connectivity index (χ2v) is 2.98. The molecule has 0 aromatic heterocycles. The summed E-state index contributed by atoms with van der Waals surface area (Å²) in [6.07, 6.45) is 1.19. The van der Waals surface area contributed by atoms with Crippen LogP contribution in [0.3, 0.4) is 0 Å². The normalized spacial score (nSPS) is 11.0. The van der Waals surface area contributed by atoms with Gasteiger partial charge in [-0.3, -0.25) is 0 Å². The van der Waals surface area contributed by atoms with Crippen LogP contribution in [0.1, 0.15) is 41.0 Å². The third-order valence-electron chi connectivity index (χ3n) is 1.87. The predicted octanol–water partition coefficient (Wildman–Crippen LogP) is 3.01. The zero-order valence-electron chi connectivity index (χ0n) is 10.1. The van der Waals surface area contributed by atoms with Crippen molar-refractivity contribution in [2.24, 2.45) is 5.92 Å². The summed E-state index contributed by atoms with van der Waals surface area (Å²) in [6.45, 7) is 12.6. The molecule has 0 saturated carbocycles. The molecule has 0 radical (unpaired) electrons. The summed E-state index contributed by atoms with van der Waals surface area (Å²) in [5.74, 6) is 6.64. The topological polar surface area (TPSA) is 3.24 Å². The first-order chi connectivity index (χ1) is 6.20. The SMILES string of the molecule is CC.CC#CC(C)CCN(C)CC. The summed E-state index contributed by atoms with van der Waals surface area (Å²) < 4.78 is 0. The zero-order valence-corrected chi connectivity index (χ0v) is 10.1. The predicted molar refractivity (Wildman–Crippen MR) is 61.8 cm³/mol. The first-order valence-electron chi connectivity index (χ1n) is 5.31. The Kier molecular flexibility index (Phi) is 13.3. The van der Waals surface area contributed by atoms with Crippen LogP contribution in [0.15, 0.2) is 0 Å². The highest BCUT2D eigenvalue weighted by Crippen LogP contribution is 2.00. The van der Waals surface area contributed by atoms with E-state index in [-0.39, 0.29) is 0 Å². The van der Waals surface area contributed by atoms with E-state index < -0.39 is 0 Å². The van der Waals surface area contributed by atoms with Crippen LogP contribution in [-0.2, 0) is 0 Å². The molecule has 78 valence electrons. The van der Waals surface area contributed by atoms with E-state index in [0.29, 0.717) is 5.92 Å². The van der Waals surface area contributed by atoms with Gasteiger partial charge in [0.25, 0.3) is 0 Å². The van der Waals surface area contributed by atoms with E-state index in [1.54, 1.807) is 0 Å². The molecule has 0 aliphatic carbocycles. The summed E-state index contributed by atoms with van der Waals surface area (Å²) in [6, 6.07) is 0. The van der Waals surface area contributed by atoms with Crippen LogP contribution in [0, 0.1) is 17.8 Å². The Hall–Kier alpha value is -0.480. The van der Waals surface area contributed by atoms with Gasteiger partial charge in [0.2, 0.25) is 0 Å². The van der Waals surface area contributed by atoms with Gasteiger partial charge < -0.3 is 4.90 Å². The van der Waals surface area contributed by atoms with Gasteiger partial charge in [-0.15, -0.1) is 11.8 Å². The van der Waals surface area contributed by atoms with Gasteiger partial charge in [0.15, 0.2) is 0 Å². The molecule has 1 nitrogen and oxygen atoms in total. The average molecular weight is 183 g/mol. The molecule has 1 unspecified atom stereocenters. The molecule has 0 rings (SSSR count). The molecule has 0 spiro atoms. The molecule has 0 amide bonds. The Bertz CT molecular complexity index is 141. The number of hydrogen-bond donors (Lipinski definition) is 0. The molecule has 0 aliphatic heterocycles. The molecular weight excluding hydrogens is 158 g/mol. The minimum atomic E-state index is 0.550. The van der Waals surface area contributed by atoms with Crippen molar-refractivity contribution in [1.82, 2.24) is 4.90 Å². The van der Waals surface area contributed by atoms with Gasteiger partial charge in [-0.05, 0) is 33.5 Å². The monoisotopic (exact) mass is 183 g/mol. The second kappa shape index (κ2) is 11.5. The standard InChI is InChI=1S/C10H19N.C2H6/c1-5-7-10(3)8-9-11(4)6-2;1-2/h10H,6,8-9H2,1-4H3;1-2H3. The maximum absolute atomic E-state index is 3.15. The van der Waals surface area contributed by atoms with Crippen molar-refractivity contribution in [2.75, 3.05) is 20.1 Å². The van der Waals surface area contributed by atoms with Crippen LogP contribution < -0.4 is 0 Å². The number of nitrogens with zero attached hydrogens (tertiary/aromatic N) is 1. The Morgan fingerprint density at radius 2 is 1.85 bits per heavy atom. The molecule has 0 bridgehead atoms. The molecule has 0 saturated heterocycles. The van der Waals surface area contributed by atoms with Crippen LogP contribution in [0.4, 0.5) is 0 Å². The minimum Gasteiger partial charge on any atom is -0.307 e. The van der Waals surface area contributed by atoms with Gasteiger partial charge in [0.05, 0.1) is 0 Å². The van der Waals surface area contributed by atoms with Crippen molar-refractivity contribution < 1.29 is 0 Å². The molecule has 0 aliphatic rings. The first kappa shape index (κ1) is 15.0. The van der Waals surface area contributed by atoms with E-state index in [1.807, 2.05) is 20.8 Å². The Morgan fingerprint density at radius 3 is 2.23 bits per heavy atom. The summed E-state index contributed by atoms with van der Waals surface area (Å²) >= 11 is 0. The highest BCUT2D eigenvalue weighted by atomic mass is 15.1. The molecule has 0 heterocycles. The quantitative estimate of drug-likeness (QED) is 0.606. The smallest absolute Gasteiger partial charge is 0.0186 e. The maximum atomic E-state index is 3.15. The van der Waals surface area contributed by atoms with Crippen LogP contribution in [0.25, 0.3) is 0 Å². The van der Waals surface area contributed by atoms with E-state index in [9.17, 15) is 0 Å². The number of hydrogen-bond acceptors (Lipinski definition) is 1. The van der Waals surface area contributed by atoms with Gasteiger partial charge in [-0.2, -0.15) is 0 Å². The molecular formula is C12H25N. The van der Waals surface area contributed by atoms with Crippen molar-refractivity contribution >= 4 is 0 Å². The van der Waals surface area contributed by atoms with Crippen LogP contribution >= 0.6 is 0 Å². The van der Waals surface area contributed by atoms with Crippen LogP contribution in [0.2, 0.25) is 0 Å². The van der Waals surface area contributed by atoms with Gasteiger partial charge in [0, 0.05) is 5.92 Å². The highest BCUT2D eigenvalue weighted by Gasteiger charge is 1.98. The van der Waals surface area contributed by atoms with Gasteiger partial charge in [-0.1, -0.05) is 27.7 Å². The second-order valence-electron chi connectivity index (χ2n) is 2.98. The third kappa shape index (κ3) is 11.5. The molecule has 0 aromatic rings. The largest absolute Gasteiger partial charge is 0.307 e. The number of rotatable bonds is 4. The Labute approximate surface area is 84.5 Å². The van der Waals surface area contributed by atoms with Crippen LogP contribution in [0.5, 0.6) is 0 Å². The van der Waals surface area contributed by atoms with E-state index in [1.165, 1.54) is 6.42 Å². The van der Waals surface area contributed by atoms with Crippen molar-refractivity contribution in [1.29, 1.82) is 0 Å². The molecule has 0 aromatic carbocycles. The summed E-state index contributed by atoms with van der Waals surface area (Å²) in [5, 5.41) is 0. The minimum absolute atomic E-state index is 0.550. The molecule has 0 fully saturated rings. The lowest BCUT2D eigenvalue weighted by molar-refractivity contribution is 0.334. The van der Waals surface area contributed by atoms with Crippen molar-refractivity contribution in [3.63, 3.8) is 0 Å². The lowest BCUT2D eigenvalue weighted by Crippen LogP contribution is -2.20. The highest BCUT2D eigenvalue weighted by molar-refractivity contribution is 4.99. The van der Waals surface area contributed by atoms with Crippen molar-refractivity contribution in [2.45, 2.75) is 41.0 Å². The summed E-state index contributed by atoms with van der Waals surface area (Å²) in [5.41, 5.74) is 0.